The lowest BCUT2D eigenvalue weighted by atomic mass is 10.2. The lowest BCUT2D eigenvalue weighted by molar-refractivity contribution is 0.102. The number of benzene rings is 3. The van der Waals surface area contributed by atoms with Gasteiger partial charge in [0.15, 0.2) is 0 Å². The molecule has 0 aliphatic rings. The van der Waals surface area contributed by atoms with Gasteiger partial charge in [0.25, 0.3) is 15.9 Å². The van der Waals surface area contributed by atoms with E-state index in [0.717, 1.165) is 0 Å². The third kappa shape index (κ3) is 4.52. The SMILES string of the molecule is C=CCN(c1ccccc1)S(=O)(=O)c1cccc(C(=O)Nc2ccccc2F)c1. The van der Waals surface area contributed by atoms with E-state index in [1.807, 2.05) is 0 Å². The zero-order chi connectivity index (χ0) is 20.9. The molecule has 1 amide bonds. The number of carbonyl (C=O) groups is 1. The van der Waals surface area contributed by atoms with Gasteiger partial charge >= 0.3 is 0 Å². The minimum atomic E-state index is -3.95. The van der Waals surface area contributed by atoms with Crippen LogP contribution in [0, 0.1) is 5.82 Å². The van der Waals surface area contributed by atoms with Crippen molar-refractivity contribution in [2.24, 2.45) is 0 Å². The minimum absolute atomic E-state index is 0.0170. The molecule has 3 rings (SSSR count). The number of halogens is 1. The second-order valence-electron chi connectivity index (χ2n) is 6.12. The van der Waals surface area contributed by atoms with Crippen molar-refractivity contribution in [3.05, 3.63) is 103 Å². The van der Waals surface area contributed by atoms with Crippen molar-refractivity contribution in [2.75, 3.05) is 16.2 Å². The molecule has 0 radical (unpaired) electrons. The molecule has 0 saturated heterocycles. The van der Waals surface area contributed by atoms with E-state index in [0.29, 0.717) is 5.69 Å². The number of nitrogens with one attached hydrogen (secondary N) is 1. The number of rotatable bonds is 7. The summed E-state index contributed by atoms with van der Waals surface area (Å²) in [6.07, 6.45) is 1.49. The second kappa shape index (κ2) is 8.70. The number of sulfonamides is 1. The second-order valence-corrected chi connectivity index (χ2v) is 7.98. The van der Waals surface area contributed by atoms with Gasteiger partial charge in [-0.3, -0.25) is 9.10 Å². The normalized spacial score (nSPS) is 10.9. The molecule has 0 aliphatic carbocycles. The molecule has 0 fully saturated rings. The summed E-state index contributed by atoms with van der Waals surface area (Å²) in [5.74, 6) is -1.19. The van der Waals surface area contributed by atoms with Gasteiger partial charge in [-0.15, -0.1) is 6.58 Å². The summed E-state index contributed by atoms with van der Waals surface area (Å²) in [6.45, 7) is 3.70. The Morgan fingerprint density at radius 2 is 1.69 bits per heavy atom. The summed E-state index contributed by atoms with van der Waals surface area (Å²) < 4.78 is 41.4. The Labute approximate surface area is 169 Å². The molecule has 0 spiro atoms. The third-order valence-electron chi connectivity index (χ3n) is 4.15. The van der Waals surface area contributed by atoms with Crippen molar-refractivity contribution in [1.82, 2.24) is 0 Å². The Bertz CT molecular complexity index is 1130. The van der Waals surface area contributed by atoms with Gasteiger partial charge in [-0.2, -0.15) is 0 Å². The van der Waals surface area contributed by atoms with Crippen LogP contribution in [0.2, 0.25) is 0 Å². The lowest BCUT2D eigenvalue weighted by Crippen LogP contribution is -2.31. The molecule has 0 bridgehead atoms. The number of hydrogen-bond donors (Lipinski definition) is 1. The zero-order valence-electron chi connectivity index (χ0n) is 15.5. The molecule has 0 unspecified atom stereocenters. The molecule has 148 valence electrons. The van der Waals surface area contributed by atoms with Crippen LogP contribution in [0.15, 0.2) is 96.4 Å². The van der Waals surface area contributed by atoms with Crippen molar-refractivity contribution in [2.45, 2.75) is 4.90 Å². The summed E-state index contributed by atoms with van der Waals surface area (Å²) in [5.41, 5.74) is 0.595. The lowest BCUT2D eigenvalue weighted by Gasteiger charge is -2.23. The van der Waals surface area contributed by atoms with Crippen LogP contribution in [0.25, 0.3) is 0 Å². The summed E-state index contributed by atoms with van der Waals surface area (Å²) in [7, 11) is -3.95. The van der Waals surface area contributed by atoms with Gasteiger partial charge in [0.05, 0.1) is 22.8 Å². The number of hydrogen-bond acceptors (Lipinski definition) is 3. The third-order valence-corrected chi connectivity index (χ3v) is 5.94. The Hall–Kier alpha value is -3.45. The Balaban J connectivity index is 1.94. The smallest absolute Gasteiger partial charge is 0.264 e. The van der Waals surface area contributed by atoms with Crippen LogP contribution in [0.3, 0.4) is 0 Å². The van der Waals surface area contributed by atoms with Crippen molar-refractivity contribution < 1.29 is 17.6 Å². The van der Waals surface area contributed by atoms with Gasteiger partial charge in [0.2, 0.25) is 0 Å². The van der Waals surface area contributed by atoms with Gasteiger partial charge in [-0.25, -0.2) is 12.8 Å². The van der Waals surface area contributed by atoms with E-state index in [-0.39, 0.29) is 22.7 Å². The van der Waals surface area contributed by atoms with E-state index < -0.39 is 21.7 Å². The van der Waals surface area contributed by atoms with Gasteiger partial charge < -0.3 is 5.32 Å². The van der Waals surface area contributed by atoms with E-state index in [2.05, 4.69) is 11.9 Å². The molecular formula is C22H19FN2O3S. The van der Waals surface area contributed by atoms with Gasteiger partial charge in [-0.05, 0) is 42.5 Å². The molecule has 5 nitrogen and oxygen atoms in total. The molecular weight excluding hydrogens is 391 g/mol. The number of anilines is 2. The van der Waals surface area contributed by atoms with E-state index in [4.69, 9.17) is 0 Å². The molecule has 3 aromatic rings. The van der Waals surface area contributed by atoms with Crippen molar-refractivity contribution >= 4 is 27.3 Å². The summed E-state index contributed by atoms with van der Waals surface area (Å²) in [5, 5.41) is 2.45. The van der Waals surface area contributed by atoms with E-state index in [1.165, 1.54) is 52.8 Å². The standard InChI is InChI=1S/C22H19FN2O3S/c1-2-15-25(18-10-4-3-5-11-18)29(27,28)19-12-8-9-17(16-19)22(26)24-21-14-7-6-13-20(21)23/h2-14,16H,1,15H2,(H,24,26). The highest BCUT2D eigenvalue weighted by Gasteiger charge is 2.25. The fourth-order valence-electron chi connectivity index (χ4n) is 2.74. The zero-order valence-corrected chi connectivity index (χ0v) is 16.3. The number of amides is 1. The van der Waals surface area contributed by atoms with Crippen LogP contribution in [0.1, 0.15) is 10.4 Å². The van der Waals surface area contributed by atoms with Crippen molar-refractivity contribution in [3.8, 4) is 0 Å². The largest absolute Gasteiger partial charge is 0.319 e. The highest BCUT2D eigenvalue weighted by molar-refractivity contribution is 7.92. The maximum atomic E-state index is 13.8. The average Bonchev–Trinajstić information content (AvgIpc) is 2.74. The highest BCUT2D eigenvalue weighted by atomic mass is 32.2. The Morgan fingerprint density at radius 3 is 2.38 bits per heavy atom. The molecule has 29 heavy (non-hydrogen) atoms. The molecule has 1 N–H and O–H groups in total. The van der Waals surface area contributed by atoms with Gasteiger partial charge in [0, 0.05) is 5.56 Å². The van der Waals surface area contributed by atoms with Crippen LogP contribution in [-0.2, 0) is 10.0 Å². The highest BCUT2D eigenvalue weighted by Crippen LogP contribution is 2.24. The first-order valence-corrected chi connectivity index (χ1v) is 10.2. The molecule has 0 aromatic heterocycles. The fraction of sp³-hybridized carbons (Fsp3) is 0.0455. The number of nitrogens with zero attached hydrogens (tertiary/aromatic N) is 1. The van der Waals surface area contributed by atoms with Gasteiger partial charge in [0.1, 0.15) is 5.82 Å². The summed E-state index contributed by atoms with van der Waals surface area (Å²) in [6, 6.07) is 20.0. The van der Waals surface area contributed by atoms with Crippen LogP contribution in [-0.4, -0.2) is 20.9 Å². The monoisotopic (exact) mass is 410 g/mol. The van der Waals surface area contributed by atoms with E-state index >= 15 is 0 Å². The molecule has 7 heteroatoms. The Morgan fingerprint density at radius 1 is 1.00 bits per heavy atom. The van der Waals surface area contributed by atoms with Crippen LogP contribution in [0.5, 0.6) is 0 Å². The Kier molecular flexibility index (Phi) is 6.09. The molecule has 3 aromatic carbocycles. The maximum Gasteiger partial charge on any atom is 0.264 e. The predicted octanol–water partition coefficient (Wildman–Crippen LogP) is 4.46. The predicted molar refractivity (Wildman–Crippen MR) is 112 cm³/mol. The average molecular weight is 410 g/mol. The first-order valence-electron chi connectivity index (χ1n) is 8.78. The summed E-state index contributed by atoms with van der Waals surface area (Å²) >= 11 is 0. The number of carbonyl (C=O) groups excluding carboxylic acids is 1. The van der Waals surface area contributed by atoms with Crippen molar-refractivity contribution in [3.63, 3.8) is 0 Å². The quantitative estimate of drug-likeness (QED) is 0.585. The molecule has 0 saturated carbocycles. The summed E-state index contributed by atoms with van der Waals surface area (Å²) in [4.78, 5) is 12.5. The number of para-hydroxylation sites is 2. The maximum absolute atomic E-state index is 13.8. The fourth-order valence-corrected chi connectivity index (χ4v) is 4.22. The van der Waals surface area contributed by atoms with E-state index in [9.17, 15) is 17.6 Å². The van der Waals surface area contributed by atoms with E-state index in [1.54, 1.807) is 36.4 Å². The molecule has 0 aliphatic heterocycles. The van der Waals surface area contributed by atoms with Gasteiger partial charge in [-0.1, -0.05) is 42.5 Å². The van der Waals surface area contributed by atoms with Crippen LogP contribution < -0.4 is 9.62 Å². The van der Waals surface area contributed by atoms with Crippen LogP contribution in [0.4, 0.5) is 15.8 Å². The van der Waals surface area contributed by atoms with Crippen molar-refractivity contribution in [1.29, 1.82) is 0 Å². The first kappa shape index (κ1) is 20.3. The topological polar surface area (TPSA) is 66.5 Å². The van der Waals surface area contributed by atoms with Crippen LogP contribution >= 0.6 is 0 Å². The molecule has 0 heterocycles. The minimum Gasteiger partial charge on any atom is -0.319 e. The first-order chi connectivity index (χ1) is 13.9. The molecule has 0 atom stereocenters.